The van der Waals surface area contributed by atoms with E-state index in [-0.39, 0.29) is 24.6 Å². The lowest BCUT2D eigenvalue weighted by Gasteiger charge is -2.43. The van der Waals surface area contributed by atoms with Crippen molar-refractivity contribution in [2.24, 2.45) is 0 Å². The Labute approximate surface area is 161 Å². The van der Waals surface area contributed by atoms with Crippen LogP contribution >= 0.6 is 0 Å². The van der Waals surface area contributed by atoms with Crippen molar-refractivity contribution in [1.29, 1.82) is 0 Å². The predicted molar refractivity (Wildman–Crippen MR) is 95.5 cm³/mol. The van der Waals surface area contributed by atoms with Crippen LogP contribution in [-0.2, 0) is 10.2 Å². The highest BCUT2D eigenvalue weighted by atomic mass is 19.1. The summed E-state index contributed by atoms with van der Waals surface area (Å²) >= 11 is 0. The fourth-order valence-electron chi connectivity index (χ4n) is 4.49. The van der Waals surface area contributed by atoms with Crippen molar-refractivity contribution >= 4 is 18.0 Å². The molecule has 3 fully saturated rings. The van der Waals surface area contributed by atoms with Crippen LogP contribution in [0.3, 0.4) is 0 Å². The Kier molecular flexibility index (Phi) is 4.28. The third-order valence-electron chi connectivity index (χ3n) is 6.30. The number of hydrogen-bond donors (Lipinski definition) is 2. The molecule has 28 heavy (non-hydrogen) atoms. The predicted octanol–water partition coefficient (Wildman–Crippen LogP) is 1.72. The molecule has 150 valence electrons. The van der Waals surface area contributed by atoms with Crippen LogP contribution in [-0.4, -0.2) is 60.0 Å². The molecule has 3 aliphatic rings. The fourth-order valence-corrected chi connectivity index (χ4v) is 4.49. The fraction of sp³-hybridized carbons (Fsp3) is 0.526. The van der Waals surface area contributed by atoms with Crippen LogP contribution in [0.25, 0.3) is 0 Å². The lowest BCUT2D eigenvalue weighted by molar-refractivity contribution is -0.129. The lowest BCUT2D eigenvalue weighted by atomic mass is 9.64. The van der Waals surface area contributed by atoms with Gasteiger partial charge in [0.2, 0.25) is 0 Å². The van der Waals surface area contributed by atoms with E-state index in [9.17, 15) is 23.2 Å². The summed E-state index contributed by atoms with van der Waals surface area (Å²) in [6.07, 6.45) is 2.36. The molecule has 1 aromatic rings. The Hall–Kier alpha value is -2.71. The summed E-state index contributed by atoms with van der Waals surface area (Å²) in [5.74, 6) is -1.55. The second-order valence-corrected chi connectivity index (χ2v) is 7.94. The van der Waals surface area contributed by atoms with Gasteiger partial charge < -0.3 is 15.5 Å². The number of hydrogen-bond acceptors (Lipinski definition) is 3. The number of urea groups is 2. The first-order valence-electron chi connectivity index (χ1n) is 9.36. The minimum atomic E-state index is -1.07. The number of benzene rings is 1. The van der Waals surface area contributed by atoms with Gasteiger partial charge in [-0.1, -0.05) is 12.5 Å². The molecular formula is C19H22F2N4O3. The molecule has 5 amide bonds. The first-order chi connectivity index (χ1) is 13.3. The molecule has 1 saturated carbocycles. The maximum absolute atomic E-state index is 14.3. The van der Waals surface area contributed by atoms with Crippen LogP contribution < -0.4 is 10.6 Å². The minimum absolute atomic E-state index is 0.0271. The zero-order valence-corrected chi connectivity index (χ0v) is 15.6. The van der Waals surface area contributed by atoms with Gasteiger partial charge in [-0.2, -0.15) is 0 Å². The number of likely N-dealkylation sites (N-methyl/N-ethyl adjacent to an activating group) is 1. The van der Waals surface area contributed by atoms with Gasteiger partial charge >= 0.3 is 12.1 Å². The van der Waals surface area contributed by atoms with Gasteiger partial charge in [0.15, 0.2) is 0 Å². The highest BCUT2D eigenvalue weighted by Crippen LogP contribution is 2.45. The topological polar surface area (TPSA) is 81.8 Å². The number of carbonyl (C=O) groups is 3. The maximum atomic E-state index is 14.3. The largest absolute Gasteiger partial charge is 0.337 e. The van der Waals surface area contributed by atoms with E-state index >= 15 is 0 Å². The zero-order chi connectivity index (χ0) is 20.1. The zero-order valence-electron chi connectivity index (χ0n) is 15.6. The molecule has 2 N–H and O–H groups in total. The normalized spacial score (nSPS) is 25.8. The number of likely N-dealkylation sites (tertiary alicyclic amines) is 1. The number of rotatable bonds is 3. The molecule has 2 saturated heterocycles. The molecule has 2 aliphatic heterocycles. The number of nitrogens with one attached hydrogen (secondary N) is 2. The van der Waals surface area contributed by atoms with Gasteiger partial charge in [-0.15, -0.1) is 0 Å². The smallest absolute Gasteiger partial charge is 0.324 e. The summed E-state index contributed by atoms with van der Waals surface area (Å²) in [6, 6.07) is 2.91. The van der Waals surface area contributed by atoms with Crippen molar-refractivity contribution in [3.63, 3.8) is 0 Å². The van der Waals surface area contributed by atoms with E-state index in [1.807, 2.05) is 0 Å². The van der Waals surface area contributed by atoms with Crippen molar-refractivity contribution in [3.05, 3.63) is 35.4 Å². The number of carbonyl (C=O) groups excluding carboxylic acids is 3. The Morgan fingerprint density at radius 2 is 1.89 bits per heavy atom. The van der Waals surface area contributed by atoms with Gasteiger partial charge in [0.25, 0.3) is 5.91 Å². The Bertz CT molecular complexity index is 837. The average Bonchev–Trinajstić information content (AvgIpc) is 3.14. The molecule has 0 radical (unpaired) electrons. The highest BCUT2D eigenvalue weighted by molar-refractivity contribution is 6.07. The van der Waals surface area contributed by atoms with Crippen LogP contribution in [0.4, 0.5) is 18.4 Å². The minimum Gasteiger partial charge on any atom is -0.337 e. The van der Waals surface area contributed by atoms with Crippen LogP contribution in [0.5, 0.6) is 0 Å². The van der Waals surface area contributed by atoms with Crippen LogP contribution in [0, 0.1) is 11.6 Å². The third kappa shape index (κ3) is 2.71. The Balaban J connectivity index is 1.44. The molecule has 0 bridgehead atoms. The van der Waals surface area contributed by atoms with Crippen LogP contribution in [0.1, 0.15) is 31.2 Å². The highest BCUT2D eigenvalue weighted by Gasteiger charge is 2.54. The standard InChI is InChI=1S/C19H22F2N4O3/c1-24-15(26)19(23-17(24)28)8-9-25(11-19)16(27)22-10-18(6-3-7-18)14-12(20)4-2-5-13(14)21/h2,4-5H,3,6-11H2,1H3,(H,22,27)(H,23,28). The van der Waals surface area contributed by atoms with E-state index < -0.39 is 34.7 Å². The first-order valence-corrected chi connectivity index (χ1v) is 9.36. The van der Waals surface area contributed by atoms with Crippen molar-refractivity contribution in [2.75, 3.05) is 26.7 Å². The van der Waals surface area contributed by atoms with E-state index in [0.29, 0.717) is 25.8 Å². The second-order valence-electron chi connectivity index (χ2n) is 7.94. The maximum Gasteiger partial charge on any atom is 0.324 e. The molecule has 1 unspecified atom stereocenters. The van der Waals surface area contributed by atoms with Crippen molar-refractivity contribution in [3.8, 4) is 0 Å². The molecule has 1 spiro atoms. The summed E-state index contributed by atoms with van der Waals surface area (Å²) in [4.78, 5) is 39.2. The van der Waals surface area contributed by atoms with Gasteiger partial charge in [0.05, 0.1) is 6.54 Å². The number of nitrogens with zero attached hydrogens (tertiary/aromatic N) is 2. The molecule has 1 aromatic carbocycles. The van der Waals surface area contributed by atoms with E-state index in [0.717, 1.165) is 11.3 Å². The Morgan fingerprint density at radius 1 is 1.21 bits per heavy atom. The van der Waals surface area contributed by atoms with Crippen molar-refractivity contribution < 1.29 is 23.2 Å². The van der Waals surface area contributed by atoms with Gasteiger partial charge in [0.1, 0.15) is 17.2 Å². The molecule has 9 heteroatoms. The lowest BCUT2D eigenvalue weighted by Crippen LogP contribution is -2.53. The molecule has 4 rings (SSSR count). The molecule has 1 aliphatic carbocycles. The second kappa shape index (κ2) is 6.42. The van der Waals surface area contributed by atoms with E-state index in [1.54, 1.807) is 0 Å². The molecule has 2 heterocycles. The summed E-state index contributed by atoms with van der Waals surface area (Å²) in [7, 11) is 1.40. The first kappa shape index (κ1) is 18.6. The SMILES string of the molecule is CN1C(=O)NC2(CCN(C(=O)NCC3(c4c(F)cccc4F)CCC3)C2)C1=O. The summed E-state index contributed by atoms with van der Waals surface area (Å²) in [6.45, 7) is 0.509. The summed E-state index contributed by atoms with van der Waals surface area (Å²) in [5, 5.41) is 5.45. The molecule has 1 atom stereocenters. The summed E-state index contributed by atoms with van der Waals surface area (Å²) < 4.78 is 28.5. The van der Waals surface area contributed by atoms with E-state index in [4.69, 9.17) is 0 Å². The number of halogens is 2. The monoisotopic (exact) mass is 392 g/mol. The van der Waals surface area contributed by atoms with Gasteiger partial charge in [0, 0.05) is 31.1 Å². The summed E-state index contributed by atoms with van der Waals surface area (Å²) in [5.41, 5.74) is -1.80. The Morgan fingerprint density at radius 3 is 2.43 bits per heavy atom. The quantitative estimate of drug-likeness (QED) is 0.769. The van der Waals surface area contributed by atoms with E-state index in [2.05, 4.69) is 10.6 Å². The molecular weight excluding hydrogens is 370 g/mol. The third-order valence-corrected chi connectivity index (χ3v) is 6.30. The van der Waals surface area contributed by atoms with Gasteiger partial charge in [-0.3, -0.25) is 9.69 Å². The van der Waals surface area contributed by atoms with Crippen molar-refractivity contribution in [2.45, 2.75) is 36.6 Å². The molecule has 0 aromatic heterocycles. The van der Waals surface area contributed by atoms with Gasteiger partial charge in [-0.05, 0) is 31.4 Å². The number of imide groups is 1. The van der Waals surface area contributed by atoms with E-state index in [1.165, 1.54) is 30.1 Å². The van der Waals surface area contributed by atoms with Crippen LogP contribution in [0.15, 0.2) is 18.2 Å². The van der Waals surface area contributed by atoms with Gasteiger partial charge in [-0.25, -0.2) is 18.4 Å². The number of amides is 5. The van der Waals surface area contributed by atoms with Crippen LogP contribution in [0.2, 0.25) is 0 Å². The average molecular weight is 392 g/mol. The molecule has 7 nitrogen and oxygen atoms in total. The van der Waals surface area contributed by atoms with Crippen molar-refractivity contribution in [1.82, 2.24) is 20.4 Å².